The van der Waals surface area contributed by atoms with Crippen LogP contribution in [0.1, 0.15) is 60.3 Å². The van der Waals surface area contributed by atoms with E-state index in [1.165, 1.54) is 23.8 Å². The molecular formula is C32H25NO5S. The molecule has 0 aromatic heterocycles. The van der Waals surface area contributed by atoms with Crippen molar-refractivity contribution in [1.29, 1.82) is 0 Å². The van der Waals surface area contributed by atoms with Crippen LogP contribution in [0.15, 0.2) is 107 Å². The first-order chi connectivity index (χ1) is 18.9. The van der Waals surface area contributed by atoms with Crippen molar-refractivity contribution in [2.75, 3.05) is 4.90 Å². The van der Waals surface area contributed by atoms with E-state index in [2.05, 4.69) is 0 Å². The maximum Gasteiger partial charge on any atom is 0.338 e. The summed E-state index contributed by atoms with van der Waals surface area (Å²) in [6.45, 7) is 3.79. The summed E-state index contributed by atoms with van der Waals surface area (Å²) in [6, 6.07) is 28.2. The fourth-order valence-electron chi connectivity index (χ4n) is 4.32. The molecule has 7 heteroatoms. The number of carbonyl (C=O) groups excluding carboxylic acids is 4. The third-order valence-electron chi connectivity index (χ3n) is 6.44. The highest BCUT2D eigenvalue weighted by Gasteiger charge is 2.37. The van der Waals surface area contributed by atoms with E-state index in [1.807, 2.05) is 43.3 Å². The normalized spacial score (nSPS) is 13.2. The summed E-state index contributed by atoms with van der Waals surface area (Å²) < 4.78 is 5.50. The van der Waals surface area contributed by atoms with Gasteiger partial charge < -0.3 is 4.74 Å². The SMILES string of the molecule is CCC(OC(=O)c1ccc2c(c1)C(=O)N(c1ccc(Sc3ccc(C)cc3)cc1)C2=O)C(=O)c1ccccc1. The van der Waals surface area contributed by atoms with Crippen molar-refractivity contribution in [3.63, 3.8) is 0 Å². The van der Waals surface area contributed by atoms with Crippen LogP contribution in [0.5, 0.6) is 0 Å². The molecule has 194 valence electrons. The lowest BCUT2D eigenvalue weighted by molar-refractivity contribution is 0.0277. The lowest BCUT2D eigenvalue weighted by Crippen LogP contribution is -2.29. The van der Waals surface area contributed by atoms with Gasteiger partial charge in [-0.25, -0.2) is 9.69 Å². The van der Waals surface area contributed by atoms with Crippen LogP contribution in [-0.2, 0) is 4.74 Å². The highest BCUT2D eigenvalue weighted by atomic mass is 32.2. The van der Waals surface area contributed by atoms with Gasteiger partial charge in [0, 0.05) is 15.4 Å². The average Bonchev–Trinajstić information content (AvgIpc) is 3.22. The highest BCUT2D eigenvalue weighted by molar-refractivity contribution is 7.99. The van der Waals surface area contributed by atoms with Gasteiger partial charge in [-0.3, -0.25) is 14.4 Å². The summed E-state index contributed by atoms with van der Waals surface area (Å²) in [4.78, 5) is 55.2. The molecule has 1 aliphatic heterocycles. The van der Waals surface area contributed by atoms with Crippen LogP contribution in [-0.4, -0.2) is 29.7 Å². The van der Waals surface area contributed by atoms with Crippen molar-refractivity contribution >= 4 is 41.0 Å². The Morgan fingerprint density at radius 2 is 1.38 bits per heavy atom. The second-order valence-electron chi connectivity index (χ2n) is 9.15. The molecule has 0 fully saturated rings. The van der Waals surface area contributed by atoms with Crippen LogP contribution < -0.4 is 4.90 Å². The maximum absolute atomic E-state index is 13.3. The van der Waals surface area contributed by atoms with E-state index in [9.17, 15) is 19.2 Å². The Kier molecular flexibility index (Phi) is 7.43. The third kappa shape index (κ3) is 5.40. The Hall–Kier alpha value is -4.49. The number of ether oxygens (including phenoxy) is 1. The molecule has 1 aliphatic rings. The number of fused-ring (bicyclic) bond motifs is 1. The van der Waals surface area contributed by atoms with Gasteiger partial charge in [0.1, 0.15) is 0 Å². The van der Waals surface area contributed by atoms with Crippen molar-refractivity contribution in [2.45, 2.75) is 36.2 Å². The topological polar surface area (TPSA) is 80.8 Å². The standard InChI is InChI=1S/C32H25NO5S/c1-3-28(29(34)21-7-5-4-6-8-21)38-32(37)22-11-18-26-27(19-22)31(36)33(30(26)35)23-12-16-25(17-13-23)39-24-14-9-20(2)10-15-24/h4-19,28H,3H2,1-2H3. The zero-order valence-electron chi connectivity index (χ0n) is 21.4. The first-order valence-electron chi connectivity index (χ1n) is 12.5. The minimum atomic E-state index is -0.960. The maximum atomic E-state index is 13.3. The molecule has 0 spiro atoms. The van der Waals surface area contributed by atoms with Crippen molar-refractivity contribution in [3.8, 4) is 0 Å². The van der Waals surface area contributed by atoms with Gasteiger partial charge in [0.05, 0.1) is 22.4 Å². The fraction of sp³-hybridized carbons (Fsp3) is 0.125. The lowest BCUT2D eigenvalue weighted by Gasteiger charge is -2.15. The van der Waals surface area contributed by atoms with E-state index < -0.39 is 23.9 Å². The molecule has 1 unspecified atom stereocenters. The molecule has 39 heavy (non-hydrogen) atoms. The Morgan fingerprint density at radius 3 is 2.03 bits per heavy atom. The van der Waals surface area contributed by atoms with Crippen molar-refractivity contribution in [2.24, 2.45) is 0 Å². The molecule has 0 aliphatic carbocycles. The quantitative estimate of drug-likeness (QED) is 0.141. The number of imide groups is 1. The second-order valence-corrected chi connectivity index (χ2v) is 10.3. The summed E-state index contributed by atoms with van der Waals surface area (Å²) >= 11 is 1.58. The second kappa shape index (κ2) is 11.1. The zero-order valence-corrected chi connectivity index (χ0v) is 22.2. The Bertz CT molecular complexity index is 1560. The molecule has 2 amide bonds. The first-order valence-corrected chi connectivity index (χ1v) is 13.3. The van der Waals surface area contributed by atoms with Gasteiger partial charge in [0.25, 0.3) is 11.8 Å². The smallest absolute Gasteiger partial charge is 0.338 e. The van der Waals surface area contributed by atoms with E-state index in [0.29, 0.717) is 17.7 Å². The van der Waals surface area contributed by atoms with Gasteiger partial charge in [-0.05, 0) is 67.9 Å². The predicted molar refractivity (Wildman–Crippen MR) is 150 cm³/mol. The van der Waals surface area contributed by atoms with E-state index in [1.54, 1.807) is 61.2 Å². The number of aryl methyl sites for hydroxylation is 1. The van der Waals surface area contributed by atoms with Gasteiger partial charge in [0.15, 0.2) is 6.10 Å². The van der Waals surface area contributed by atoms with Gasteiger partial charge in [-0.1, -0.05) is 66.7 Å². The van der Waals surface area contributed by atoms with Crippen LogP contribution in [0.25, 0.3) is 0 Å². The van der Waals surface area contributed by atoms with Gasteiger partial charge in [-0.15, -0.1) is 0 Å². The number of amides is 2. The van der Waals surface area contributed by atoms with Crippen LogP contribution in [0.4, 0.5) is 5.69 Å². The summed E-state index contributed by atoms with van der Waals surface area (Å²) in [5.74, 6) is -2.00. The van der Waals surface area contributed by atoms with Crippen molar-refractivity contribution in [3.05, 3.63) is 125 Å². The number of esters is 1. The van der Waals surface area contributed by atoms with Crippen LogP contribution in [0.2, 0.25) is 0 Å². The molecule has 0 N–H and O–H groups in total. The average molecular weight is 536 g/mol. The minimum Gasteiger partial charge on any atom is -0.450 e. The van der Waals surface area contributed by atoms with Crippen LogP contribution >= 0.6 is 11.8 Å². The molecule has 6 nitrogen and oxygen atoms in total. The molecule has 0 saturated carbocycles. The Balaban J connectivity index is 1.31. The molecule has 0 saturated heterocycles. The molecule has 1 atom stereocenters. The Labute approximate surface area is 230 Å². The number of carbonyl (C=O) groups is 4. The summed E-state index contributed by atoms with van der Waals surface area (Å²) in [6.07, 6.45) is -0.661. The first kappa shape index (κ1) is 26.1. The number of ketones is 1. The monoisotopic (exact) mass is 535 g/mol. The minimum absolute atomic E-state index is 0.0981. The van der Waals surface area contributed by atoms with E-state index in [4.69, 9.17) is 4.74 Å². The summed E-state index contributed by atoms with van der Waals surface area (Å²) in [5, 5.41) is 0. The van der Waals surface area contributed by atoms with Crippen molar-refractivity contribution in [1.82, 2.24) is 0 Å². The van der Waals surface area contributed by atoms with Gasteiger partial charge in [-0.2, -0.15) is 0 Å². The van der Waals surface area contributed by atoms with Crippen LogP contribution in [0, 0.1) is 6.92 Å². The van der Waals surface area contributed by atoms with Gasteiger partial charge in [0.2, 0.25) is 5.78 Å². The molecule has 4 aromatic carbocycles. The van der Waals surface area contributed by atoms with Crippen LogP contribution in [0.3, 0.4) is 0 Å². The number of Topliss-reactive ketones (excluding diaryl/α,β-unsaturated/α-hetero) is 1. The molecular weight excluding hydrogens is 510 g/mol. The lowest BCUT2D eigenvalue weighted by atomic mass is 10.0. The fourth-order valence-corrected chi connectivity index (χ4v) is 5.13. The Morgan fingerprint density at radius 1 is 0.769 bits per heavy atom. The number of anilines is 1. The van der Waals surface area contributed by atoms with E-state index in [0.717, 1.165) is 14.7 Å². The molecule has 4 aromatic rings. The van der Waals surface area contributed by atoms with E-state index in [-0.39, 0.29) is 22.5 Å². The highest BCUT2D eigenvalue weighted by Crippen LogP contribution is 2.33. The number of hydrogen-bond donors (Lipinski definition) is 0. The summed E-state index contributed by atoms with van der Waals surface area (Å²) in [7, 11) is 0. The zero-order chi connectivity index (χ0) is 27.5. The number of nitrogens with zero attached hydrogens (tertiary/aromatic N) is 1. The number of hydrogen-bond acceptors (Lipinski definition) is 6. The third-order valence-corrected chi connectivity index (χ3v) is 7.46. The number of rotatable bonds is 8. The molecule has 0 bridgehead atoms. The predicted octanol–water partition coefficient (Wildman–Crippen LogP) is 6.77. The van der Waals surface area contributed by atoms with Gasteiger partial charge >= 0.3 is 5.97 Å². The largest absolute Gasteiger partial charge is 0.450 e. The number of benzene rings is 4. The molecule has 5 rings (SSSR count). The molecule has 1 heterocycles. The van der Waals surface area contributed by atoms with Crippen molar-refractivity contribution < 1.29 is 23.9 Å². The van der Waals surface area contributed by atoms with E-state index >= 15 is 0 Å². The molecule has 0 radical (unpaired) electrons. The summed E-state index contributed by atoms with van der Waals surface area (Å²) in [5.41, 5.74) is 2.50.